The van der Waals surface area contributed by atoms with Crippen molar-refractivity contribution >= 4 is 11.8 Å². The molecule has 0 aromatic carbocycles. The Morgan fingerprint density at radius 1 is 1.33 bits per heavy atom. The summed E-state index contributed by atoms with van der Waals surface area (Å²) in [7, 11) is 0. The Hall–Kier alpha value is -1.18. The molecule has 18 heavy (non-hydrogen) atoms. The van der Waals surface area contributed by atoms with Crippen LogP contribution in [0.2, 0.25) is 0 Å². The molecule has 0 radical (unpaired) electrons. The van der Waals surface area contributed by atoms with Crippen LogP contribution in [0.4, 0.5) is 0 Å². The molecule has 7 nitrogen and oxygen atoms in total. The number of hydrogen-bond acceptors (Lipinski definition) is 5. The lowest BCUT2D eigenvalue weighted by Gasteiger charge is -2.27. The van der Waals surface area contributed by atoms with Gasteiger partial charge in [-0.25, -0.2) is 0 Å². The highest BCUT2D eigenvalue weighted by molar-refractivity contribution is 5.83. The van der Waals surface area contributed by atoms with Crippen molar-refractivity contribution in [2.24, 2.45) is 17.1 Å². The summed E-state index contributed by atoms with van der Waals surface area (Å²) in [5.74, 6) is -2.37. The first-order valence-electron chi connectivity index (χ1n) is 5.67. The van der Waals surface area contributed by atoms with Gasteiger partial charge in [-0.05, 0) is 6.92 Å². The van der Waals surface area contributed by atoms with Crippen molar-refractivity contribution in [2.75, 3.05) is 13.2 Å². The van der Waals surface area contributed by atoms with Crippen LogP contribution in [0.3, 0.4) is 0 Å². The molecule has 0 aromatic rings. The number of rotatable bonds is 7. The zero-order chi connectivity index (χ0) is 14.5. The quantitative estimate of drug-likeness (QED) is 0.360. The summed E-state index contributed by atoms with van der Waals surface area (Å²) in [5, 5.41) is 30.3. The molecule has 0 saturated carbocycles. The van der Waals surface area contributed by atoms with Crippen LogP contribution in [0, 0.1) is 11.3 Å². The first-order chi connectivity index (χ1) is 8.13. The number of nitrogens with two attached hydrogens (primary N) is 1. The number of hydrogen-bond donors (Lipinski definition) is 5. The van der Waals surface area contributed by atoms with Crippen molar-refractivity contribution in [3.05, 3.63) is 0 Å². The summed E-state index contributed by atoms with van der Waals surface area (Å²) in [6.07, 6.45) is -2.41. The van der Waals surface area contributed by atoms with Gasteiger partial charge in [0.25, 0.3) is 0 Å². The molecule has 0 saturated heterocycles. The monoisotopic (exact) mass is 262 g/mol. The Labute approximate surface area is 106 Å². The number of amides is 2. The maximum Gasteiger partial charge on any atom is 0.249 e. The van der Waals surface area contributed by atoms with E-state index in [1.165, 1.54) is 20.8 Å². The second-order valence-corrected chi connectivity index (χ2v) is 5.04. The van der Waals surface area contributed by atoms with Crippen molar-refractivity contribution in [2.45, 2.75) is 33.0 Å². The van der Waals surface area contributed by atoms with E-state index in [0.717, 1.165) is 0 Å². The van der Waals surface area contributed by atoms with Crippen molar-refractivity contribution in [3.63, 3.8) is 0 Å². The second-order valence-electron chi connectivity index (χ2n) is 5.04. The lowest BCUT2D eigenvalue weighted by atomic mass is 9.87. The van der Waals surface area contributed by atoms with E-state index >= 15 is 0 Å². The van der Waals surface area contributed by atoms with Crippen LogP contribution < -0.4 is 11.1 Å². The van der Waals surface area contributed by atoms with Crippen LogP contribution in [-0.4, -0.2) is 52.5 Å². The zero-order valence-electron chi connectivity index (χ0n) is 10.9. The molecule has 0 aliphatic carbocycles. The molecule has 0 aromatic heterocycles. The van der Waals surface area contributed by atoms with E-state index < -0.39 is 35.4 Å². The van der Waals surface area contributed by atoms with E-state index in [2.05, 4.69) is 5.32 Å². The number of aliphatic hydroxyl groups excluding tert-OH is 3. The summed E-state index contributed by atoms with van der Waals surface area (Å²) in [6, 6.07) is 0. The van der Waals surface area contributed by atoms with Crippen LogP contribution in [0.5, 0.6) is 0 Å². The molecule has 0 fully saturated rings. The van der Waals surface area contributed by atoms with Gasteiger partial charge in [-0.3, -0.25) is 9.59 Å². The molecule has 0 aliphatic heterocycles. The topological polar surface area (TPSA) is 133 Å². The molecule has 0 spiro atoms. The fraction of sp³-hybridized carbons (Fsp3) is 0.818. The predicted octanol–water partition coefficient (Wildman–Crippen LogP) is -2.04. The molecule has 7 heteroatoms. The molecule has 0 aliphatic rings. The first-order valence-corrected chi connectivity index (χ1v) is 5.67. The largest absolute Gasteiger partial charge is 0.396 e. The Balaban J connectivity index is 4.46. The Morgan fingerprint density at radius 2 is 1.83 bits per heavy atom. The van der Waals surface area contributed by atoms with Gasteiger partial charge >= 0.3 is 0 Å². The number of aliphatic hydroxyl groups is 3. The van der Waals surface area contributed by atoms with Gasteiger partial charge in [0, 0.05) is 12.0 Å². The number of primary amides is 1. The molecular weight excluding hydrogens is 240 g/mol. The third-order valence-corrected chi connectivity index (χ3v) is 2.84. The van der Waals surface area contributed by atoms with E-state index in [0.29, 0.717) is 0 Å². The zero-order valence-corrected chi connectivity index (χ0v) is 10.9. The first kappa shape index (κ1) is 16.8. The fourth-order valence-corrected chi connectivity index (χ4v) is 1.26. The van der Waals surface area contributed by atoms with E-state index in [9.17, 15) is 19.8 Å². The van der Waals surface area contributed by atoms with Crippen LogP contribution >= 0.6 is 0 Å². The minimum atomic E-state index is -1.41. The van der Waals surface area contributed by atoms with Gasteiger partial charge in [0.15, 0.2) is 0 Å². The van der Waals surface area contributed by atoms with E-state index in [1.807, 2.05) is 0 Å². The third kappa shape index (κ3) is 4.59. The van der Waals surface area contributed by atoms with Crippen molar-refractivity contribution in [3.8, 4) is 0 Å². The maximum atomic E-state index is 11.6. The summed E-state index contributed by atoms with van der Waals surface area (Å²) >= 11 is 0. The van der Waals surface area contributed by atoms with Gasteiger partial charge in [0.2, 0.25) is 11.8 Å². The third-order valence-electron chi connectivity index (χ3n) is 2.84. The second kappa shape index (κ2) is 6.67. The molecule has 0 heterocycles. The molecule has 0 bridgehead atoms. The van der Waals surface area contributed by atoms with Gasteiger partial charge in [-0.1, -0.05) is 13.8 Å². The van der Waals surface area contributed by atoms with Gasteiger partial charge in [-0.15, -0.1) is 0 Å². The molecule has 2 unspecified atom stereocenters. The van der Waals surface area contributed by atoms with Gasteiger partial charge < -0.3 is 26.4 Å². The predicted molar refractivity (Wildman–Crippen MR) is 64.2 cm³/mol. The minimum absolute atomic E-state index is 0.162. The van der Waals surface area contributed by atoms with E-state index in [-0.39, 0.29) is 13.2 Å². The minimum Gasteiger partial charge on any atom is -0.396 e. The van der Waals surface area contributed by atoms with Gasteiger partial charge in [0.1, 0.15) is 6.10 Å². The average molecular weight is 262 g/mol. The Bertz CT molecular complexity index is 304. The van der Waals surface area contributed by atoms with Gasteiger partial charge in [-0.2, -0.15) is 0 Å². The van der Waals surface area contributed by atoms with Crippen molar-refractivity contribution in [1.82, 2.24) is 5.32 Å². The average Bonchev–Trinajstić information content (AvgIpc) is 2.26. The molecule has 3 atom stereocenters. The number of carbonyl (C=O) groups is 2. The molecule has 6 N–H and O–H groups in total. The van der Waals surface area contributed by atoms with Crippen LogP contribution in [0.1, 0.15) is 20.8 Å². The SMILES string of the molecule is CC(O)C(CNC(=O)[C@H](O)C(C)(C)CO)C(N)=O. The molecular formula is C11H22N2O5. The highest BCUT2D eigenvalue weighted by atomic mass is 16.3. The lowest BCUT2D eigenvalue weighted by molar-refractivity contribution is -0.137. The lowest BCUT2D eigenvalue weighted by Crippen LogP contribution is -2.49. The fourth-order valence-electron chi connectivity index (χ4n) is 1.26. The van der Waals surface area contributed by atoms with Gasteiger partial charge in [0.05, 0.1) is 18.6 Å². The normalized spacial score (nSPS) is 16.8. The van der Waals surface area contributed by atoms with E-state index in [4.69, 9.17) is 10.8 Å². The van der Waals surface area contributed by atoms with E-state index in [1.54, 1.807) is 0 Å². The van der Waals surface area contributed by atoms with Crippen LogP contribution in [-0.2, 0) is 9.59 Å². The smallest absolute Gasteiger partial charge is 0.249 e. The van der Waals surface area contributed by atoms with Crippen molar-refractivity contribution in [1.29, 1.82) is 0 Å². The maximum absolute atomic E-state index is 11.6. The van der Waals surface area contributed by atoms with Crippen LogP contribution in [0.25, 0.3) is 0 Å². The number of nitrogens with one attached hydrogen (secondary N) is 1. The molecule has 2 amide bonds. The summed E-state index contributed by atoms with van der Waals surface area (Å²) < 4.78 is 0. The highest BCUT2D eigenvalue weighted by Gasteiger charge is 2.33. The van der Waals surface area contributed by atoms with Crippen molar-refractivity contribution < 1.29 is 24.9 Å². The summed E-state index contributed by atoms with van der Waals surface area (Å²) in [5.41, 5.74) is 4.07. The van der Waals surface area contributed by atoms with Crippen LogP contribution in [0.15, 0.2) is 0 Å². The summed E-state index contributed by atoms with van der Waals surface area (Å²) in [4.78, 5) is 22.6. The highest BCUT2D eigenvalue weighted by Crippen LogP contribution is 2.19. The summed E-state index contributed by atoms with van der Waals surface area (Å²) in [6.45, 7) is 3.91. The molecule has 106 valence electrons. The standard InChI is InChI=1S/C11H22N2O5/c1-6(15)7(9(12)17)4-13-10(18)8(16)11(2,3)5-14/h6-8,14-16H,4-5H2,1-3H3,(H2,12,17)(H,13,18)/t6?,7?,8-/m0/s1. The number of carbonyl (C=O) groups excluding carboxylic acids is 2. The Morgan fingerprint density at radius 3 is 2.17 bits per heavy atom. The Kier molecular flexibility index (Phi) is 6.23. The molecule has 0 rings (SSSR count).